The van der Waals surface area contributed by atoms with E-state index >= 15 is 0 Å². The number of hydrogen-bond donors (Lipinski definition) is 0. The van der Waals surface area contributed by atoms with E-state index in [1.54, 1.807) is 7.11 Å². The molecule has 0 saturated heterocycles. The minimum absolute atomic E-state index is 0.103. The molecule has 1 fully saturated rings. The highest BCUT2D eigenvalue weighted by atomic mass is 16.5. The Morgan fingerprint density at radius 3 is 2.45 bits per heavy atom. The second kappa shape index (κ2) is 9.82. The van der Waals surface area contributed by atoms with Crippen LogP contribution in [-0.4, -0.2) is 33.5 Å². The molecule has 0 spiro atoms. The van der Waals surface area contributed by atoms with Crippen molar-refractivity contribution >= 4 is 5.91 Å². The van der Waals surface area contributed by atoms with Crippen LogP contribution in [0.1, 0.15) is 59.4 Å². The van der Waals surface area contributed by atoms with Gasteiger partial charge < -0.3 is 14.2 Å². The molecule has 0 atom stereocenters. The van der Waals surface area contributed by atoms with Gasteiger partial charge in [-0.3, -0.25) is 4.79 Å². The Morgan fingerprint density at radius 2 is 1.77 bits per heavy atom. The van der Waals surface area contributed by atoms with Gasteiger partial charge in [0.1, 0.15) is 11.6 Å². The molecule has 1 amide bonds. The summed E-state index contributed by atoms with van der Waals surface area (Å²) in [7, 11) is 1.67. The van der Waals surface area contributed by atoms with Crippen molar-refractivity contribution < 1.29 is 9.53 Å². The summed E-state index contributed by atoms with van der Waals surface area (Å²) >= 11 is 0. The van der Waals surface area contributed by atoms with Gasteiger partial charge in [-0.25, -0.2) is 4.98 Å². The summed E-state index contributed by atoms with van der Waals surface area (Å²) in [6.45, 7) is 3.29. The van der Waals surface area contributed by atoms with Crippen molar-refractivity contribution in [3.05, 3.63) is 83.4 Å². The fraction of sp³-hybridized carbons (Fsp3) is 0.385. The Hall–Kier alpha value is -3.08. The molecule has 1 aliphatic rings. The van der Waals surface area contributed by atoms with E-state index in [9.17, 15) is 4.79 Å². The molecule has 2 aromatic carbocycles. The summed E-state index contributed by atoms with van der Waals surface area (Å²) < 4.78 is 7.40. The fourth-order valence-corrected chi connectivity index (χ4v) is 4.34. The van der Waals surface area contributed by atoms with Crippen LogP contribution in [0.15, 0.2) is 60.9 Å². The number of carbonyl (C=O) groups excluding carboxylic acids is 1. The maximum Gasteiger partial charge on any atom is 0.254 e. The maximum absolute atomic E-state index is 13.5. The summed E-state index contributed by atoms with van der Waals surface area (Å²) in [5, 5.41) is 0. The van der Waals surface area contributed by atoms with Gasteiger partial charge in [-0.2, -0.15) is 0 Å². The SMILES string of the molecule is COc1ccc(Cn2ccnc2CN(C(=O)c2ccc(C)cc2)C2CCCCC2)cc1. The van der Waals surface area contributed by atoms with Gasteiger partial charge in [0.05, 0.1) is 13.7 Å². The number of carbonyl (C=O) groups is 1. The quantitative estimate of drug-likeness (QED) is 0.529. The summed E-state index contributed by atoms with van der Waals surface area (Å²) in [6.07, 6.45) is 9.58. The molecule has 0 radical (unpaired) electrons. The molecule has 4 rings (SSSR count). The van der Waals surface area contributed by atoms with Crippen LogP contribution in [0.4, 0.5) is 0 Å². The maximum atomic E-state index is 13.5. The second-order valence-corrected chi connectivity index (χ2v) is 8.41. The molecule has 1 aliphatic carbocycles. The largest absolute Gasteiger partial charge is 0.497 e. The van der Waals surface area contributed by atoms with E-state index < -0.39 is 0 Å². The van der Waals surface area contributed by atoms with Crippen molar-refractivity contribution in [1.29, 1.82) is 0 Å². The van der Waals surface area contributed by atoms with Gasteiger partial charge in [0, 0.05) is 30.5 Å². The van der Waals surface area contributed by atoms with Crippen molar-refractivity contribution in [3.63, 3.8) is 0 Å². The topological polar surface area (TPSA) is 47.4 Å². The lowest BCUT2D eigenvalue weighted by Gasteiger charge is -2.34. The molecule has 162 valence electrons. The van der Waals surface area contributed by atoms with Gasteiger partial charge in [0.25, 0.3) is 5.91 Å². The zero-order chi connectivity index (χ0) is 21.6. The Morgan fingerprint density at radius 1 is 1.06 bits per heavy atom. The third-order valence-corrected chi connectivity index (χ3v) is 6.20. The van der Waals surface area contributed by atoms with Crippen molar-refractivity contribution in [2.45, 2.75) is 58.2 Å². The number of aryl methyl sites for hydroxylation is 1. The first-order chi connectivity index (χ1) is 15.1. The minimum atomic E-state index is 0.103. The molecule has 0 aliphatic heterocycles. The van der Waals surface area contributed by atoms with Crippen LogP contribution in [-0.2, 0) is 13.1 Å². The van der Waals surface area contributed by atoms with E-state index in [2.05, 4.69) is 26.6 Å². The number of rotatable bonds is 7. The Balaban J connectivity index is 1.56. The average Bonchev–Trinajstić information content (AvgIpc) is 3.25. The first-order valence-electron chi connectivity index (χ1n) is 11.1. The van der Waals surface area contributed by atoms with Gasteiger partial charge in [-0.15, -0.1) is 0 Å². The average molecular weight is 418 g/mol. The van der Waals surface area contributed by atoms with Gasteiger partial charge in [0.2, 0.25) is 0 Å². The Labute approximate surface area is 184 Å². The van der Waals surface area contributed by atoms with Gasteiger partial charge in [-0.05, 0) is 49.6 Å². The van der Waals surface area contributed by atoms with E-state index in [1.165, 1.54) is 24.8 Å². The van der Waals surface area contributed by atoms with Crippen LogP contribution in [0.25, 0.3) is 0 Å². The number of imidazole rings is 1. The number of hydrogen-bond acceptors (Lipinski definition) is 3. The van der Waals surface area contributed by atoms with Crippen molar-refractivity contribution in [2.24, 2.45) is 0 Å². The predicted molar refractivity (Wildman–Crippen MR) is 122 cm³/mol. The number of methoxy groups -OCH3 is 1. The van der Waals surface area contributed by atoms with Crippen molar-refractivity contribution in [3.8, 4) is 5.75 Å². The summed E-state index contributed by atoms with van der Waals surface area (Å²) in [4.78, 5) is 20.2. The first kappa shape index (κ1) is 21.2. The lowest BCUT2D eigenvalue weighted by atomic mass is 9.93. The van der Waals surface area contributed by atoms with Crippen LogP contribution in [0.3, 0.4) is 0 Å². The molecule has 1 aromatic heterocycles. The number of benzene rings is 2. The molecule has 5 nitrogen and oxygen atoms in total. The Kier molecular flexibility index (Phi) is 6.70. The first-order valence-corrected chi connectivity index (χ1v) is 11.1. The third-order valence-electron chi connectivity index (χ3n) is 6.20. The zero-order valence-electron chi connectivity index (χ0n) is 18.5. The van der Waals surface area contributed by atoms with Gasteiger partial charge in [-0.1, -0.05) is 49.1 Å². The molecule has 3 aromatic rings. The fourth-order valence-electron chi connectivity index (χ4n) is 4.34. The second-order valence-electron chi connectivity index (χ2n) is 8.41. The highest BCUT2D eigenvalue weighted by Gasteiger charge is 2.27. The van der Waals surface area contributed by atoms with E-state index in [0.717, 1.165) is 42.1 Å². The van der Waals surface area contributed by atoms with Crippen LogP contribution in [0, 0.1) is 6.92 Å². The van der Waals surface area contributed by atoms with Gasteiger partial charge in [0.15, 0.2) is 0 Å². The molecular formula is C26H31N3O2. The summed E-state index contributed by atoms with van der Waals surface area (Å²) in [5.74, 6) is 1.87. The lowest BCUT2D eigenvalue weighted by Crippen LogP contribution is -2.41. The molecule has 1 heterocycles. The Bertz CT molecular complexity index is 986. The standard InChI is InChI=1S/C26H31N3O2/c1-20-8-12-22(13-9-20)26(30)29(23-6-4-3-5-7-23)19-25-27-16-17-28(25)18-21-10-14-24(31-2)15-11-21/h8-17,23H,3-7,18-19H2,1-2H3. The van der Waals surface area contributed by atoms with Crippen molar-refractivity contribution in [1.82, 2.24) is 14.5 Å². The van der Waals surface area contributed by atoms with Crippen LogP contribution in [0.2, 0.25) is 0 Å². The summed E-state index contributed by atoms with van der Waals surface area (Å²) in [5.41, 5.74) is 3.09. The normalized spacial score (nSPS) is 14.4. The summed E-state index contributed by atoms with van der Waals surface area (Å²) in [6, 6.07) is 16.3. The zero-order valence-corrected chi connectivity index (χ0v) is 18.5. The predicted octanol–water partition coefficient (Wildman–Crippen LogP) is 5.22. The van der Waals surface area contributed by atoms with E-state index in [-0.39, 0.29) is 11.9 Å². The minimum Gasteiger partial charge on any atom is -0.497 e. The van der Waals surface area contributed by atoms with E-state index in [1.807, 2.05) is 55.7 Å². The molecular weight excluding hydrogens is 386 g/mol. The molecule has 5 heteroatoms. The van der Waals surface area contributed by atoms with Crippen LogP contribution >= 0.6 is 0 Å². The number of nitrogens with zero attached hydrogens (tertiary/aromatic N) is 3. The van der Waals surface area contributed by atoms with Crippen molar-refractivity contribution in [2.75, 3.05) is 7.11 Å². The molecule has 0 bridgehead atoms. The van der Waals surface area contributed by atoms with E-state index in [4.69, 9.17) is 4.74 Å². The molecule has 1 saturated carbocycles. The highest BCUT2D eigenvalue weighted by Crippen LogP contribution is 2.26. The van der Waals surface area contributed by atoms with Crippen LogP contribution < -0.4 is 4.74 Å². The molecule has 0 N–H and O–H groups in total. The van der Waals surface area contributed by atoms with E-state index in [0.29, 0.717) is 6.54 Å². The lowest BCUT2D eigenvalue weighted by molar-refractivity contribution is 0.0605. The number of amides is 1. The number of ether oxygens (including phenoxy) is 1. The van der Waals surface area contributed by atoms with Crippen LogP contribution in [0.5, 0.6) is 5.75 Å². The highest BCUT2D eigenvalue weighted by molar-refractivity contribution is 5.94. The molecule has 0 unspecified atom stereocenters. The van der Waals surface area contributed by atoms with Gasteiger partial charge >= 0.3 is 0 Å². The third kappa shape index (κ3) is 5.16. The monoisotopic (exact) mass is 417 g/mol. The smallest absolute Gasteiger partial charge is 0.254 e. The molecule has 31 heavy (non-hydrogen) atoms. The number of aromatic nitrogens is 2.